The SMILES string of the molecule is C=C1CC(=O)NC1(C)c1ccccc1. The highest BCUT2D eigenvalue weighted by molar-refractivity contribution is 5.84. The summed E-state index contributed by atoms with van der Waals surface area (Å²) < 4.78 is 0. The average molecular weight is 187 g/mol. The summed E-state index contributed by atoms with van der Waals surface area (Å²) in [5.41, 5.74) is 1.66. The van der Waals surface area contributed by atoms with Crippen LogP contribution in [0.25, 0.3) is 0 Å². The fourth-order valence-corrected chi connectivity index (χ4v) is 1.83. The van der Waals surface area contributed by atoms with Crippen molar-refractivity contribution in [1.82, 2.24) is 5.32 Å². The highest BCUT2D eigenvalue weighted by atomic mass is 16.2. The first-order valence-electron chi connectivity index (χ1n) is 4.68. The lowest BCUT2D eigenvalue weighted by Gasteiger charge is -2.25. The van der Waals surface area contributed by atoms with Gasteiger partial charge in [-0.05, 0) is 18.1 Å². The average Bonchev–Trinajstić information content (AvgIpc) is 2.43. The number of benzene rings is 1. The molecule has 2 rings (SSSR count). The smallest absolute Gasteiger partial charge is 0.225 e. The van der Waals surface area contributed by atoms with Crippen molar-refractivity contribution < 1.29 is 4.79 Å². The molecule has 2 heteroatoms. The van der Waals surface area contributed by atoms with Crippen LogP contribution in [0.4, 0.5) is 0 Å². The van der Waals surface area contributed by atoms with Gasteiger partial charge in [0.2, 0.25) is 5.91 Å². The Morgan fingerprint density at radius 2 is 2.00 bits per heavy atom. The van der Waals surface area contributed by atoms with E-state index in [2.05, 4.69) is 11.9 Å². The van der Waals surface area contributed by atoms with Gasteiger partial charge in [-0.1, -0.05) is 36.9 Å². The molecule has 1 amide bonds. The van der Waals surface area contributed by atoms with E-state index < -0.39 is 0 Å². The largest absolute Gasteiger partial charge is 0.343 e. The molecule has 1 N–H and O–H groups in total. The Morgan fingerprint density at radius 3 is 2.50 bits per heavy atom. The van der Waals surface area contributed by atoms with Crippen LogP contribution in [0.3, 0.4) is 0 Å². The molecule has 2 nitrogen and oxygen atoms in total. The third-order valence-corrected chi connectivity index (χ3v) is 2.82. The third kappa shape index (κ3) is 1.23. The molecule has 1 aliphatic rings. The summed E-state index contributed by atoms with van der Waals surface area (Å²) in [5, 5.41) is 2.96. The van der Waals surface area contributed by atoms with Crippen molar-refractivity contribution in [1.29, 1.82) is 0 Å². The first kappa shape index (κ1) is 9.00. The maximum absolute atomic E-state index is 11.3. The van der Waals surface area contributed by atoms with Gasteiger partial charge >= 0.3 is 0 Å². The molecule has 1 aromatic rings. The molecule has 1 atom stereocenters. The van der Waals surface area contributed by atoms with E-state index in [1.54, 1.807) is 0 Å². The molecule has 1 unspecified atom stereocenters. The zero-order valence-corrected chi connectivity index (χ0v) is 8.21. The fourth-order valence-electron chi connectivity index (χ4n) is 1.83. The third-order valence-electron chi connectivity index (χ3n) is 2.82. The number of hydrogen-bond acceptors (Lipinski definition) is 1. The van der Waals surface area contributed by atoms with E-state index in [4.69, 9.17) is 0 Å². The van der Waals surface area contributed by atoms with Gasteiger partial charge in [-0.15, -0.1) is 0 Å². The summed E-state index contributed by atoms with van der Waals surface area (Å²) in [7, 11) is 0. The van der Waals surface area contributed by atoms with Crippen LogP contribution in [-0.4, -0.2) is 5.91 Å². The lowest BCUT2D eigenvalue weighted by molar-refractivity contribution is -0.119. The maximum Gasteiger partial charge on any atom is 0.225 e. The van der Waals surface area contributed by atoms with E-state index in [9.17, 15) is 4.79 Å². The van der Waals surface area contributed by atoms with Gasteiger partial charge in [-0.2, -0.15) is 0 Å². The minimum atomic E-state index is -0.377. The van der Waals surface area contributed by atoms with E-state index >= 15 is 0 Å². The topological polar surface area (TPSA) is 29.1 Å². The van der Waals surface area contributed by atoms with Crippen molar-refractivity contribution >= 4 is 5.91 Å². The Labute approximate surface area is 83.6 Å². The van der Waals surface area contributed by atoms with Crippen molar-refractivity contribution in [2.24, 2.45) is 0 Å². The zero-order chi connectivity index (χ0) is 10.2. The second kappa shape index (κ2) is 2.98. The lowest BCUT2D eigenvalue weighted by Crippen LogP contribution is -2.36. The molecule has 0 bridgehead atoms. The fraction of sp³-hybridized carbons (Fsp3) is 0.250. The molecule has 0 saturated carbocycles. The minimum absolute atomic E-state index is 0.0568. The number of rotatable bonds is 1. The van der Waals surface area contributed by atoms with Crippen LogP contribution < -0.4 is 5.32 Å². The molecule has 0 spiro atoms. The quantitative estimate of drug-likeness (QED) is 0.669. The molecule has 72 valence electrons. The van der Waals surface area contributed by atoms with Gasteiger partial charge in [0, 0.05) is 6.42 Å². The Hall–Kier alpha value is -1.57. The molecular weight excluding hydrogens is 174 g/mol. The first-order valence-corrected chi connectivity index (χ1v) is 4.68. The van der Waals surface area contributed by atoms with Gasteiger partial charge in [-0.25, -0.2) is 0 Å². The molecular formula is C12H13NO. The Kier molecular flexibility index (Phi) is 1.92. The number of amides is 1. The van der Waals surface area contributed by atoms with Gasteiger partial charge in [-0.3, -0.25) is 4.79 Å². The summed E-state index contributed by atoms with van der Waals surface area (Å²) in [4.78, 5) is 11.3. The second-order valence-electron chi connectivity index (χ2n) is 3.82. The number of carbonyl (C=O) groups is 1. The predicted octanol–water partition coefficient (Wildman–Crippen LogP) is 1.98. The van der Waals surface area contributed by atoms with Crippen LogP contribution in [0.1, 0.15) is 18.9 Å². The van der Waals surface area contributed by atoms with Crippen LogP contribution in [-0.2, 0) is 10.3 Å². The number of nitrogens with one attached hydrogen (secondary N) is 1. The van der Waals surface area contributed by atoms with Crippen molar-refractivity contribution in [2.75, 3.05) is 0 Å². The van der Waals surface area contributed by atoms with E-state index in [0.29, 0.717) is 6.42 Å². The molecule has 1 heterocycles. The van der Waals surface area contributed by atoms with Gasteiger partial charge in [0.1, 0.15) is 0 Å². The van der Waals surface area contributed by atoms with E-state index in [1.165, 1.54) is 0 Å². The highest BCUT2D eigenvalue weighted by Crippen LogP contribution is 2.34. The number of carbonyl (C=O) groups excluding carboxylic acids is 1. The molecule has 1 saturated heterocycles. The van der Waals surface area contributed by atoms with Gasteiger partial charge < -0.3 is 5.32 Å². The minimum Gasteiger partial charge on any atom is -0.343 e. The first-order chi connectivity index (χ1) is 6.63. The summed E-state index contributed by atoms with van der Waals surface area (Å²) >= 11 is 0. The molecule has 0 aromatic heterocycles. The molecule has 1 fully saturated rings. The molecule has 0 radical (unpaired) electrons. The number of hydrogen-bond donors (Lipinski definition) is 1. The van der Waals surface area contributed by atoms with E-state index in [0.717, 1.165) is 11.1 Å². The van der Waals surface area contributed by atoms with Crippen LogP contribution in [0.2, 0.25) is 0 Å². The van der Waals surface area contributed by atoms with Crippen LogP contribution in [0.15, 0.2) is 42.5 Å². The van der Waals surface area contributed by atoms with Crippen LogP contribution in [0.5, 0.6) is 0 Å². The van der Waals surface area contributed by atoms with Crippen molar-refractivity contribution in [3.05, 3.63) is 48.0 Å². The normalized spacial score (nSPS) is 26.4. The van der Waals surface area contributed by atoms with Crippen molar-refractivity contribution in [3.63, 3.8) is 0 Å². The monoisotopic (exact) mass is 187 g/mol. The zero-order valence-electron chi connectivity index (χ0n) is 8.21. The Morgan fingerprint density at radius 1 is 1.36 bits per heavy atom. The van der Waals surface area contributed by atoms with E-state index in [-0.39, 0.29) is 11.4 Å². The molecule has 1 aromatic carbocycles. The molecule has 14 heavy (non-hydrogen) atoms. The van der Waals surface area contributed by atoms with Crippen molar-refractivity contribution in [3.8, 4) is 0 Å². The highest BCUT2D eigenvalue weighted by Gasteiger charge is 2.37. The summed E-state index contributed by atoms with van der Waals surface area (Å²) in [5.74, 6) is 0.0568. The van der Waals surface area contributed by atoms with Crippen LogP contribution in [0, 0.1) is 0 Å². The van der Waals surface area contributed by atoms with Gasteiger partial charge in [0.15, 0.2) is 0 Å². The Balaban J connectivity index is 2.43. The lowest BCUT2D eigenvalue weighted by atomic mass is 9.87. The second-order valence-corrected chi connectivity index (χ2v) is 3.82. The summed E-state index contributed by atoms with van der Waals surface area (Å²) in [6, 6.07) is 9.93. The standard InChI is InChI=1S/C12H13NO/c1-9-8-11(14)13-12(9,2)10-6-4-3-5-7-10/h3-7H,1,8H2,2H3,(H,13,14). The molecule has 0 aliphatic carbocycles. The Bertz CT molecular complexity index is 383. The van der Waals surface area contributed by atoms with Crippen LogP contribution >= 0.6 is 0 Å². The van der Waals surface area contributed by atoms with E-state index in [1.807, 2.05) is 37.3 Å². The molecule has 1 aliphatic heterocycles. The summed E-state index contributed by atoms with van der Waals surface area (Å²) in [6.07, 6.45) is 0.436. The predicted molar refractivity (Wildman–Crippen MR) is 55.7 cm³/mol. The van der Waals surface area contributed by atoms with Gasteiger partial charge in [0.05, 0.1) is 5.54 Å². The van der Waals surface area contributed by atoms with Crippen molar-refractivity contribution in [2.45, 2.75) is 18.9 Å². The summed E-state index contributed by atoms with van der Waals surface area (Å²) in [6.45, 7) is 5.95. The van der Waals surface area contributed by atoms with Gasteiger partial charge in [0.25, 0.3) is 0 Å². The maximum atomic E-state index is 11.3.